The van der Waals surface area contributed by atoms with E-state index in [1.54, 1.807) is 18.4 Å². The molecule has 0 saturated heterocycles. The molecular weight excluding hydrogens is 168 g/mol. The fraction of sp³-hybridized carbons (Fsp3) is 0.600. The third kappa shape index (κ3) is 1.81. The number of ether oxygens (including phenoxy) is 1. The first-order valence-corrected chi connectivity index (χ1v) is 4.84. The van der Waals surface area contributed by atoms with Gasteiger partial charge < -0.3 is 4.74 Å². The van der Waals surface area contributed by atoms with Crippen molar-refractivity contribution in [2.75, 3.05) is 7.11 Å². The molecule has 0 aliphatic heterocycles. The molecule has 12 heavy (non-hydrogen) atoms. The molecule has 0 radical (unpaired) electrons. The third-order valence-corrected chi connectivity index (χ3v) is 2.65. The van der Waals surface area contributed by atoms with Crippen LogP contribution >= 0.6 is 11.3 Å². The van der Waals surface area contributed by atoms with Gasteiger partial charge in [-0.1, -0.05) is 20.8 Å². The van der Waals surface area contributed by atoms with Crippen molar-refractivity contribution in [1.82, 2.24) is 0 Å². The van der Waals surface area contributed by atoms with Crippen molar-refractivity contribution in [2.24, 2.45) is 0 Å². The van der Waals surface area contributed by atoms with Crippen LogP contribution in [0.4, 0.5) is 0 Å². The Morgan fingerprint density at radius 2 is 2.08 bits per heavy atom. The molecular formula is C10H16OS. The molecule has 2 heteroatoms. The van der Waals surface area contributed by atoms with Gasteiger partial charge in [-0.2, -0.15) is 0 Å². The Balaban J connectivity index is 3.33. The average molecular weight is 186 g/mol. The first-order valence-electron chi connectivity index (χ1n) is 4.52. The van der Waals surface area contributed by atoms with Crippen LogP contribution in [0.15, 0.2) is 6.04 Å². The Bertz CT molecular complexity index is 309. The normalized spacial score (nSPS) is 12.9. The molecule has 0 bridgehead atoms. The van der Waals surface area contributed by atoms with Crippen molar-refractivity contribution < 1.29 is 6.11 Å². The standard InChI is InChI=1S/C10H16OS/c1-7-6-8(10(2,3)4)9(11-5)12-7/h6H,1-5H3/i6T. The van der Waals surface area contributed by atoms with E-state index in [9.17, 15) is 0 Å². The summed E-state index contributed by atoms with van der Waals surface area (Å²) in [6.07, 6.45) is 0. The van der Waals surface area contributed by atoms with E-state index >= 15 is 0 Å². The van der Waals surface area contributed by atoms with E-state index in [4.69, 9.17) is 6.11 Å². The molecule has 0 N–H and O–H groups in total. The van der Waals surface area contributed by atoms with Crippen LogP contribution in [0.5, 0.6) is 5.06 Å². The third-order valence-electron chi connectivity index (χ3n) is 1.69. The van der Waals surface area contributed by atoms with Crippen LogP contribution in [0.25, 0.3) is 0 Å². The average Bonchev–Trinajstić information content (AvgIpc) is 2.26. The number of aryl methyl sites for hydroxylation is 1. The molecule has 0 aliphatic rings. The Morgan fingerprint density at radius 1 is 1.50 bits per heavy atom. The summed E-state index contributed by atoms with van der Waals surface area (Å²) in [5.41, 5.74) is 1.02. The fourth-order valence-electron chi connectivity index (χ4n) is 1.08. The van der Waals surface area contributed by atoms with Gasteiger partial charge in [-0.3, -0.25) is 0 Å². The minimum Gasteiger partial charge on any atom is -0.487 e. The summed E-state index contributed by atoms with van der Waals surface area (Å²) in [4.78, 5) is 1.03. The minimum absolute atomic E-state index is 0.00676. The summed E-state index contributed by atoms with van der Waals surface area (Å²) in [7, 11) is 1.67. The number of hydrogen-bond donors (Lipinski definition) is 0. The van der Waals surface area contributed by atoms with Gasteiger partial charge in [0.15, 0.2) is 5.06 Å². The number of thiophene rings is 1. The molecule has 68 valence electrons. The van der Waals surface area contributed by atoms with Gasteiger partial charge in [0, 0.05) is 10.4 Å². The largest absolute Gasteiger partial charge is 0.487 e. The van der Waals surface area contributed by atoms with Crippen molar-refractivity contribution >= 4 is 11.3 Å². The van der Waals surface area contributed by atoms with Crippen LogP contribution in [0.3, 0.4) is 0 Å². The molecule has 0 atom stereocenters. The predicted octanol–water partition coefficient (Wildman–Crippen LogP) is 3.36. The van der Waals surface area contributed by atoms with Crippen molar-refractivity contribution in [1.29, 1.82) is 0 Å². The molecule has 0 aliphatic carbocycles. The Hall–Kier alpha value is -0.500. The van der Waals surface area contributed by atoms with Crippen LogP contribution in [0.2, 0.25) is 0 Å². The van der Waals surface area contributed by atoms with Crippen LogP contribution in [0, 0.1) is 6.92 Å². The maximum atomic E-state index is 7.91. The van der Waals surface area contributed by atoms with Crippen LogP contribution in [-0.2, 0) is 5.41 Å². The second-order valence-corrected chi connectivity index (χ2v) is 5.09. The Morgan fingerprint density at radius 3 is 2.42 bits per heavy atom. The van der Waals surface area contributed by atoms with Gasteiger partial charge in [0.1, 0.15) is 0 Å². The Labute approximate surface area is 79.8 Å². The lowest BCUT2D eigenvalue weighted by atomic mass is 9.89. The summed E-state index contributed by atoms with van der Waals surface area (Å²) < 4.78 is 13.2. The summed E-state index contributed by atoms with van der Waals surface area (Å²) in [5.74, 6) is 0. The van der Waals surface area contributed by atoms with E-state index in [0.29, 0.717) is 6.04 Å². The molecule has 1 rings (SSSR count). The van der Waals surface area contributed by atoms with Gasteiger partial charge in [-0.25, -0.2) is 0 Å². The van der Waals surface area contributed by atoms with Crippen LogP contribution in [0.1, 0.15) is 32.6 Å². The van der Waals surface area contributed by atoms with Crippen molar-refractivity contribution in [2.45, 2.75) is 33.1 Å². The maximum absolute atomic E-state index is 7.91. The highest BCUT2D eigenvalue weighted by Gasteiger charge is 2.20. The number of methoxy groups -OCH3 is 1. The molecule has 1 nitrogen and oxygen atoms in total. The van der Waals surface area contributed by atoms with Crippen molar-refractivity contribution in [3.05, 3.63) is 16.5 Å². The van der Waals surface area contributed by atoms with Crippen LogP contribution < -0.4 is 4.74 Å². The predicted molar refractivity (Wildman–Crippen MR) is 54.3 cm³/mol. The summed E-state index contributed by atoms with van der Waals surface area (Å²) in [6.45, 7) is 8.28. The first kappa shape index (κ1) is 8.11. The van der Waals surface area contributed by atoms with Gasteiger partial charge in [0.05, 0.1) is 8.48 Å². The summed E-state index contributed by atoms with van der Waals surface area (Å²) in [5, 5.41) is 0.884. The van der Waals surface area contributed by atoms with E-state index in [1.165, 1.54) is 0 Å². The maximum Gasteiger partial charge on any atom is 0.177 e. The van der Waals surface area contributed by atoms with E-state index in [2.05, 4.69) is 20.8 Å². The van der Waals surface area contributed by atoms with Gasteiger partial charge in [-0.15, -0.1) is 11.3 Å². The van der Waals surface area contributed by atoms with Gasteiger partial charge in [0.25, 0.3) is 0 Å². The second-order valence-electron chi connectivity index (χ2n) is 3.90. The molecule has 0 aromatic carbocycles. The van der Waals surface area contributed by atoms with Crippen molar-refractivity contribution in [3.63, 3.8) is 0 Å². The summed E-state index contributed by atoms with van der Waals surface area (Å²) >= 11 is 1.56. The van der Waals surface area contributed by atoms with Gasteiger partial charge in [-0.05, 0) is 18.4 Å². The molecule has 0 saturated carbocycles. The monoisotopic (exact) mass is 186 g/mol. The molecule has 0 unspecified atom stereocenters. The van der Waals surface area contributed by atoms with E-state index < -0.39 is 0 Å². The molecule has 1 aromatic heterocycles. The van der Waals surface area contributed by atoms with E-state index in [1.807, 2.05) is 6.92 Å². The lowest BCUT2D eigenvalue weighted by Crippen LogP contribution is -2.10. The highest BCUT2D eigenvalue weighted by atomic mass is 32.1. The quantitative estimate of drug-likeness (QED) is 0.653. The molecule has 0 amide bonds. The van der Waals surface area contributed by atoms with Crippen LogP contribution in [-0.4, -0.2) is 7.11 Å². The van der Waals surface area contributed by atoms with Gasteiger partial charge >= 0.3 is 0 Å². The smallest absolute Gasteiger partial charge is 0.177 e. The lowest BCUT2D eigenvalue weighted by Gasteiger charge is -2.18. The molecule has 0 fully saturated rings. The zero-order valence-corrected chi connectivity index (χ0v) is 9.13. The van der Waals surface area contributed by atoms with Gasteiger partial charge in [0.2, 0.25) is 0 Å². The molecule has 1 heterocycles. The first-order chi connectivity index (χ1) is 5.88. The topological polar surface area (TPSA) is 9.23 Å². The Kier molecular flexibility index (Phi) is 2.09. The zero-order chi connectivity index (χ0) is 10.2. The number of hydrogen-bond acceptors (Lipinski definition) is 2. The number of rotatable bonds is 1. The minimum atomic E-state index is -0.00676. The van der Waals surface area contributed by atoms with E-state index in [-0.39, 0.29) is 5.41 Å². The van der Waals surface area contributed by atoms with E-state index in [0.717, 1.165) is 15.5 Å². The zero-order valence-electron chi connectivity index (χ0n) is 9.32. The van der Waals surface area contributed by atoms with Crippen molar-refractivity contribution in [3.8, 4) is 5.06 Å². The highest BCUT2D eigenvalue weighted by molar-refractivity contribution is 7.14. The SMILES string of the molecule is [3H]c1c(C)sc(OC)c1C(C)(C)C. The lowest BCUT2D eigenvalue weighted by molar-refractivity contribution is 0.410. The molecule has 1 aromatic rings. The second kappa shape index (κ2) is 3.09. The summed E-state index contributed by atoms with van der Waals surface area (Å²) in [6, 6.07) is 0.634. The molecule has 0 spiro atoms. The highest BCUT2D eigenvalue weighted by Crippen LogP contribution is 2.37. The fourth-order valence-corrected chi connectivity index (χ4v) is 2.05.